The first-order valence-corrected chi connectivity index (χ1v) is 11.6. The molecule has 1 amide bonds. The molecule has 6 nitrogen and oxygen atoms in total. The molecule has 2 atom stereocenters. The quantitative estimate of drug-likeness (QED) is 0.319. The van der Waals surface area contributed by atoms with Gasteiger partial charge in [0.05, 0.1) is 11.3 Å². The van der Waals surface area contributed by atoms with Crippen LogP contribution >= 0.6 is 11.3 Å². The average molecular weight is 510 g/mol. The molecule has 2 aromatic carbocycles. The zero-order chi connectivity index (χ0) is 25.6. The smallest absolute Gasteiger partial charge is 0.416 e. The molecule has 11 heteroatoms. The molecule has 0 spiro atoms. The van der Waals surface area contributed by atoms with Gasteiger partial charge in [0.15, 0.2) is 0 Å². The predicted octanol–water partition coefficient (Wildman–Crippen LogP) is 6.28. The summed E-state index contributed by atoms with van der Waals surface area (Å²) in [5.41, 5.74) is 0.787. The third-order valence-corrected chi connectivity index (χ3v) is 6.64. The topological polar surface area (TPSA) is 92.2 Å². The number of nitrogens with zero attached hydrogens (tertiary/aromatic N) is 2. The van der Waals surface area contributed by atoms with Crippen molar-refractivity contribution in [1.29, 1.82) is 0 Å². The minimum Gasteiger partial charge on any atom is -0.483 e. The van der Waals surface area contributed by atoms with Crippen molar-refractivity contribution >= 4 is 29.4 Å². The maximum atomic E-state index is 14.1. The Hall–Kier alpha value is -3.34. The molecule has 1 aromatic heterocycles. The van der Waals surface area contributed by atoms with Crippen LogP contribution in [0.1, 0.15) is 47.7 Å². The summed E-state index contributed by atoms with van der Waals surface area (Å²) in [4.78, 5) is 21.1. The van der Waals surface area contributed by atoms with Crippen molar-refractivity contribution < 1.29 is 32.3 Å². The molecule has 1 saturated carbocycles. The highest BCUT2D eigenvalue weighted by atomic mass is 32.1. The zero-order valence-electron chi connectivity index (χ0n) is 18.7. The molecule has 1 heterocycles. The van der Waals surface area contributed by atoms with E-state index in [1.165, 1.54) is 11.3 Å². The second-order valence-corrected chi connectivity index (χ2v) is 9.28. The van der Waals surface area contributed by atoms with Crippen LogP contribution in [0.2, 0.25) is 0 Å². The van der Waals surface area contributed by atoms with E-state index in [0.29, 0.717) is 18.9 Å². The predicted molar refractivity (Wildman–Crippen MR) is 124 cm³/mol. The number of alkyl halides is 3. The number of rotatable bonds is 4. The molecular formula is C24H23F4N3O3S. The molecule has 0 aliphatic heterocycles. The van der Waals surface area contributed by atoms with Gasteiger partial charge in [-0.25, -0.2) is 4.39 Å². The number of aromatic nitrogens is 2. The summed E-state index contributed by atoms with van der Waals surface area (Å²) in [5.74, 6) is -1.61. The molecule has 186 valence electrons. The molecule has 0 radical (unpaired) electrons. The first-order chi connectivity index (χ1) is 16.6. The molecule has 2 N–H and O–H groups in total. The molecule has 1 aliphatic carbocycles. The van der Waals surface area contributed by atoms with E-state index in [0.717, 1.165) is 46.1 Å². The van der Waals surface area contributed by atoms with Crippen LogP contribution in [0.5, 0.6) is 0 Å². The summed E-state index contributed by atoms with van der Waals surface area (Å²) < 4.78 is 52.3. The second-order valence-electron chi connectivity index (χ2n) is 8.10. The van der Waals surface area contributed by atoms with Gasteiger partial charge in [0.25, 0.3) is 6.47 Å². The third-order valence-electron chi connectivity index (χ3n) is 5.75. The Morgan fingerprint density at radius 1 is 1.14 bits per heavy atom. The minimum atomic E-state index is -4.63. The van der Waals surface area contributed by atoms with Crippen molar-refractivity contribution in [1.82, 2.24) is 10.2 Å². The van der Waals surface area contributed by atoms with Crippen LogP contribution in [0.4, 0.5) is 23.2 Å². The van der Waals surface area contributed by atoms with Crippen LogP contribution in [-0.2, 0) is 15.8 Å². The number of carbonyl (C=O) groups excluding carboxylic acids is 1. The van der Waals surface area contributed by atoms with Gasteiger partial charge >= 0.3 is 6.18 Å². The van der Waals surface area contributed by atoms with Crippen LogP contribution in [0.3, 0.4) is 0 Å². The molecule has 4 rings (SSSR count). The van der Waals surface area contributed by atoms with Gasteiger partial charge in [-0.2, -0.15) is 13.2 Å². The Morgan fingerprint density at radius 2 is 1.83 bits per heavy atom. The van der Waals surface area contributed by atoms with E-state index in [-0.39, 0.29) is 29.9 Å². The van der Waals surface area contributed by atoms with Gasteiger partial charge in [-0.15, -0.1) is 10.2 Å². The van der Waals surface area contributed by atoms with E-state index in [2.05, 4.69) is 15.5 Å². The fraction of sp³-hybridized carbons (Fsp3) is 0.333. The Bertz CT molecular complexity index is 1170. The summed E-state index contributed by atoms with van der Waals surface area (Å²) >= 11 is 1.52. The highest BCUT2D eigenvalue weighted by molar-refractivity contribution is 7.14. The second kappa shape index (κ2) is 11.4. The Labute approximate surface area is 203 Å². The van der Waals surface area contributed by atoms with Crippen molar-refractivity contribution in [3.05, 3.63) is 64.4 Å². The Balaban J connectivity index is 0.00000108. The lowest BCUT2D eigenvalue weighted by Gasteiger charge is -2.29. The largest absolute Gasteiger partial charge is 0.483 e. The molecular weight excluding hydrogens is 486 g/mol. The lowest BCUT2D eigenvalue weighted by Crippen LogP contribution is -2.28. The van der Waals surface area contributed by atoms with Gasteiger partial charge in [-0.3, -0.25) is 9.59 Å². The fourth-order valence-corrected chi connectivity index (χ4v) is 4.77. The molecule has 0 bridgehead atoms. The van der Waals surface area contributed by atoms with Gasteiger partial charge in [0.2, 0.25) is 5.91 Å². The number of amides is 1. The number of carbonyl (C=O) groups is 2. The average Bonchev–Trinajstić information content (AvgIpc) is 3.26. The van der Waals surface area contributed by atoms with Gasteiger partial charge in [0.1, 0.15) is 15.8 Å². The van der Waals surface area contributed by atoms with Crippen LogP contribution in [-0.4, -0.2) is 27.7 Å². The number of nitrogens with one attached hydrogen (secondary N) is 1. The summed E-state index contributed by atoms with van der Waals surface area (Å²) in [6.45, 7) is 1.65. The third kappa shape index (κ3) is 6.84. The molecule has 0 saturated heterocycles. The van der Waals surface area contributed by atoms with Crippen LogP contribution in [0.25, 0.3) is 10.6 Å². The van der Waals surface area contributed by atoms with Crippen molar-refractivity contribution in [2.24, 2.45) is 5.92 Å². The summed E-state index contributed by atoms with van der Waals surface area (Å²) in [6.07, 6.45) is -1.59. The first-order valence-electron chi connectivity index (χ1n) is 10.8. The Morgan fingerprint density at radius 3 is 2.40 bits per heavy atom. The van der Waals surface area contributed by atoms with Crippen molar-refractivity contribution in [3.8, 4) is 10.6 Å². The van der Waals surface area contributed by atoms with E-state index in [1.54, 1.807) is 0 Å². The maximum absolute atomic E-state index is 14.1. The number of hydrogen-bond donors (Lipinski definition) is 2. The number of carboxylic acid groups (broad SMARTS) is 1. The first kappa shape index (κ1) is 26.3. The lowest BCUT2D eigenvalue weighted by atomic mass is 9.77. The van der Waals surface area contributed by atoms with E-state index >= 15 is 0 Å². The minimum absolute atomic E-state index is 0.183. The van der Waals surface area contributed by atoms with Crippen molar-refractivity contribution in [3.63, 3.8) is 0 Å². The lowest BCUT2D eigenvalue weighted by molar-refractivity contribution is -0.137. The van der Waals surface area contributed by atoms with Crippen molar-refractivity contribution in [2.75, 3.05) is 5.32 Å². The standard InChI is InChI=1S/C23H21F4N3OS.CH2O2/c1-13-29-30-22(32-13)15-7-5-14(6-8-15)16-3-2-4-17(11-16)21(31)28-20-10-9-18(12-19(20)24)23(25,26)27;2-1-3/h5-10,12,16-17H,2-4,11H2,1H3,(H,28,31);1H,(H,2,3). The number of aryl methyl sites for hydroxylation is 1. The van der Waals surface area contributed by atoms with E-state index in [4.69, 9.17) is 9.90 Å². The van der Waals surface area contributed by atoms with Crippen LogP contribution in [0, 0.1) is 18.7 Å². The van der Waals surface area contributed by atoms with Crippen LogP contribution in [0.15, 0.2) is 42.5 Å². The summed E-state index contributed by atoms with van der Waals surface area (Å²) in [6, 6.07) is 10.2. The normalized spacial score (nSPS) is 17.7. The fourth-order valence-electron chi connectivity index (χ4n) is 4.07. The van der Waals surface area contributed by atoms with Gasteiger partial charge in [-0.1, -0.05) is 42.0 Å². The molecule has 1 aliphatic rings. The highest BCUT2D eigenvalue weighted by Crippen LogP contribution is 2.38. The highest BCUT2D eigenvalue weighted by Gasteiger charge is 2.32. The molecule has 1 fully saturated rings. The SMILES string of the molecule is Cc1nnc(-c2ccc(C3CCCC(C(=O)Nc4ccc(C(F)(F)F)cc4F)C3)cc2)s1.O=CO. The van der Waals surface area contributed by atoms with E-state index in [1.807, 2.05) is 31.2 Å². The van der Waals surface area contributed by atoms with E-state index in [9.17, 15) is 22.4 Å². The molecule has 2 unspecified atom stereocenters. The van der Waals surface area contributed by atoms with E-state index < -0.39 is 17.6 Å². The Kier molecular flexibility index (Phi) is 8.55. The number of halogens is 4. The van der Waals surface area contributed by atoms with Crippen LogP contribution < -0.4 is 5.32 Å². The maximum Gasteiger partial charge on any atom is 0.416 e. The zero-order valence-corrected chi connectivity index (χ0v) is 19.5. The number of benzene rings is 2. The molecule has 3 aromatic rings. The van der Waals surface area contributed by atoms with Gasteiger partial charge < -0.3 is 10.4 Å². The van der Waals surface area contributed by atoms with Crippen molar-refractivity contribution in [2.45, 2.75) is 44.7 Å². The van der Waals surface area contributed by atoms with Gasteiger partial charge in [-0.05, 0) is 55.9 Å². The monoisotopic (exact) mass is 509 g/mol. The van der Waals surface area contributed by atoms with Gasteiger partial charge in [0, 0.05) is 11.5 Å². The number of anilines is 1. The molecule has 35 heavy (non-hydrogen) atoms. The summed E-state index contributed by atoms with van der Waals surface area (Å²) in [7, 11) is 0. The summed E-state index contributed by atoms with van der Waals surface area (Å²) in [5, 5.41) is 19.3. The number of hydrogen-bond acceptors (Lipinski definition) is 5.